The van der Waals surface area contributed by atoms with Crippen LogP contribution in [0.3, 0.4) is 0 Å². The highest BCUT2D eigenvalue weighted by Gasteiger charge is 2.22. The number of benzene rings is 3. The zero-order valence-corrected chi connectivity index (χ0v) is 27.5. The zero-order chi connectivity index (χ0) is 34.4. The second kappa shape index (κ2) is 20.7. The highest BCUT2D eigenvalue weighted by atomic mass is 16.5. The van der Waals surface area contributed by atoms with E-state index in [-0.39, 0.29) is 41.0 Å². The van der Waals surface area contributed by atoms with Crippen molar-refractivity contribution in [1.82, 2.24) is 0 Å². The molecular weight excluding hydrogens is 598 g/mol. The molecule has 0 heterocycles. The summed E-state index contributed by atoms with van der Waals surface area (Å²) in [5.74, 6) is 21.0. The summed E-state index contributed by atoms with van der Waals surface area (Å²) in [6, 6.07) is 9.58. The van der Waals surface area contributed by atoms with Gasteiger partial charge in [-0.05, 0) is 71.6 Å². The number of nitriles is 1. The highest BCUT2D eigenvalue weighted by molar-refractivity contribution is 6.14. The van der Waals surface area contributed by atoms with Gasteiger partial charge in [-0.1, -0.05) is 65.0 Å². The van der Waals surface area contributed by atoms with Gasteiger partial charge in [-0.15, -0.1) is 12.8 Å². The summed E-state index contributed by atoms with van der Waals surface area (Å²) < 4.78 is 30.3. The molecule has 0 spiro atoms. The Bertz CT molecular complexity index is 2030. The minimum atomic E-state index is 0. The molecule has 0 amide bonds. The highest BCUT2D eigenvalue weighted by Crippen LogP contribution is 2.48. The van der Waals surface area contributed by atoms with E-state index >= 15 is 0 Å². The molecular formula is C42H61NO5. The predicted octanol–water partition coefficient (Wildman–Crippen LogP) is 11.3. The molecule has 0 unspecified atom stereocenters. The first-order chi connectivity index (χ1) is 23.6. The van der Waals surface area contributed by atoms with Gasteiger partial charge in [-0.2, -0.15) is 5.26 Å². The van der Waals surface area contributed by atoms with Crippen LogP contribution in [0.4, 0.5) is 0 Å². The van der Waals surface area contributed by atoms with Crippen LogP contribution in [0.25, 0.3) is 21.5 Å². The maximum Gasteiger partial charge on any atom is 0.226 e. The number of fused-ring (bicyclic) bond motifs is 3. The molecule has 0 aliphatic carbocycles. The van der Waals surface area contributed by atoms with Crippen molar-refractivity contribution in [2.75, 3.05) is 19.8 Å². The van der Waals surface area contributed by atoms with E-state index in [9.17, 15) is 5.26 Å². The molecule has 0 fully saturated rings. The molecule has 48 heavy (non-hydrogen) atoms. The first-order valence-electron chi connectivity index (χ1n) is 15.9. The Morgan fingerprint density at radius 2 is 1.21 bits per heavy atom. The van der Waals surface area contributed by atoms with Gasteiger partial charge in [0.1, 0.15) is 18.8 Å². The van der Waals surface area contributed by atoms with Crippen molar-refractivity contribution in [2.24, 2.45) is 0 Å². The lowest BCUT2D eigenvalue weighted by atomic mass is 9.96. The van der Waals surface area contributed by atoms with Crippen LogP contribution in [-0.4, -0.2) is 19.8 Å². The van der Waals surface area contributed by atoms with Crippen molar-refractivity contribution in [3.05, 3.63) is 42.5 Å². The number of terminal acetylenes is 2. The van der Waals surface area contributed by atoms with Gasteiger partial charge in [0.05, 0.1) is 24.8 Å². The molecule has 0 atom stereocenters. The minimum absolute atomic E-state index is 0. The standard InChI is InChI=1S/C42H37NO5.12H2/c1-6-11-15-19-24-44-38-29-34-33(32-43)28-37-36(35(34)30-39(38)45-25-20-16-12-7-2)31-40(46-26-21-17-13-8-3)42(41(37)47-23-10-5)48-27-22-18-14-9-4;;;;;;;;;;;;/h3-4,10,28-31H,5-7,11-12,15-16,19-20,23-25H2,1-2H3;12*1H. The van der Waals surface area contributed by atoms with Gasteiger partial charge < -0.3 is 23.7 Å². The van der Waals surface area contributed by atoms with Crippen molar-refractivity contribution in [3.8, 4) is 107 Å². The number of hydrogen-bond acceptors (Lipinski definition) is 6. The van der Waals surface area contributed by atoms with E-state index in [0.717, 1.165) is 56.8 Å². The summed E-state index contributed by atoms with van der Waals surface area (Å²) in [5.41, 5.74) is 0.404. The van der Waals surface area contributed by atoms with E-state index in [0.29, 0.717) is 46.4 Å². The molecule has 0 aromatic heterocycles. The molecule has 264 valence electrons. The van der Waals surface area contributed by atoms with E-state index in [2.05, 4.69) is 86.1 Å². The van der Waals surface area contributed by atoms with Crippen LogP contribution in [0.15, 0.2) is 36.9 Å². The molecule has 6 heteroatoms. The lowest BCUT2D eigenvalue weighted by Crippen LogP contribution is -2.04. The number of hydrogen-bond donors (Lipinski definition) is 0. The van der Waals surface area contributed by atoms with Crippen LogP contribution in [0.2, 0.25) is 0 Å². The van der Waals surface area contributed by atoms with Gasteiger partial charge in [-0.25, -0.2) is 0 Å². The van der Waals surface area contributed by atoms with Crippen LogP contribution in [0, 0.1) is 83.8 Å². The SMILES string of the molecule is C#CC#CC#COc1cc2c(cc(C#N)c3cc(OCCCCCC)c(OCCCCCC)cc32)c(OCC=C)c1OC#CC#CC#C.[HH].[HH].[HH].[HH].[HH].[HH].[HH].[HH].[HH].[HH].[HH].[HH]. The fourth-order valence-corrected chi connectivity index (χ4v) is 4.77. The zero-order valence-electron chi connectivity index (χ0n) is 27.5. The minimum Gasteiger partial charge on any atom is -0.490 e. The molecule has 3 aromatic carbocycles. The average Bonchev–Trinajstić information content (AvgIpc) is 3.10. The monoisotopic (exact) mass is 659 g/mol. The van der Waals surface area contributed by atoms with Gasteiger partial charge in [0.2, 0.25) is 5.75 Å². The second-order valence-corrected chi connectivity index (χ2v) is 10.4. The molecule has 3 rings (SSSR count). The number of unbranched alkanes of at least 4 members (excludes halogenated alkanes) is 6. The summed E-state index contributed by atoms with van der Waals surface area (Å²) in [7, 11) is 0. The molecule has 0 aliphatic heterocycles. The molecule has 0 bridgehead atoms. The molecule has 0 saturated carbocycles. The van der Waals surface area contributed by atoms with E-state index in [1.165, 1.54) is 0 Å². The Kier molecular flexibility index (Phi) is 15.7. The van der Waals surface area contributed by atoms with Gasteiger partial charge in [0, 0.05) is 51.6 Å². The largest absolute Gasteiger partial charge is 0.490 e. The van der Waals surface area contributed by atoms with E-state index in [1.807, 2.05) is 12.1 Å². The maximum atomic E-state index is 10.3. The van der Waals surface area contributed by atoms with Crippen molar-refractivity contribution < 1.29 is 40.8 Å². The third kappa shape index (κ3) is 10.4. The normalized spacial score (nSPS) is 9.31. The van der Waals surface area contributed by atoms with Crippen LogP contribution >= 0.6 is 0 Å². The summed E-state index contributed by atoms with van der Waals surface area (Å²) >= 11 is 0. The Labute approximate surface area is 302 Å². The summed E-state index contributed by atoms with van der Waals surface area (Å²) in [5, 5.41) is 13.0. The smallest absolute Gasteiger partial charge is 0.226 e. The molecule has 0 saturated heterocycles. The molecule has 0 aliphatic rings. The second-order valence-electron chi connectivity index (χ2n) is 10.4. The quantitative estimate of drug-likeness (QED) is 0.0621. The van der Waals surface area contributed by atoms with Crippen molar-refractivity contribution in [3.63, 3.8) is 0 Å². The molecule has 0 radical (unpaired) electrons. The summed E-state index contributed by atoms with van der Waals surface area (Å²) in [6.07, 6.45) is 25.5. The van der Waals surface area contributed by atoms with Gasteiger partial charge in [-0.3, -0.25) is 0 Å². The number of nitrogens with zero attached hydrogens (tertiary/aromatic N) is 1. The first-order valence-corrected chi connectivity index (χ1v) is 15.9. The van der Waals surface area contributed by atoms with Crippen LogP contribution in [0.5, 0.6) is 28.7 Å². The van der Waals surface area contributed by atoms with E-state index < -0.39 is 0 Å². The maximum absolute atomic E-state index is 10.3. The van der Waals surface area contributed by atoms with Crippen molar-refractivity contribution in [1.29, 1.82) is 5.26 Å². The van der Waals surface area contributed by atoms with Crippen molar-refractivity contribution in [2.45, 2.75) is 65.2 Å². The third-order valence-corrected chi connectivity index (χ3v) is 6.98. The average molecular weight is 660 g/mol. The van der Waals surface area contributed by atoms with Gasteiger partial charge >= 0.3 is 0 Å². The van der Waals surface area contributed by atoms with E-state index in [1.54, 1.807) is 18.2 Å². The van der Waals surface area contributed by atoms with Crippen LogP contribution < -0.4 is 23.7 Å². The fraction of sp³-hybridized carbons (Fsp3) is 0.310. The van der Waals surface area contributed by atoms with Gasteiger partial charge in [0.25, 0.3) is 0 Å². The van der Waals surface area contributed by atoms with Gasteiger partial charge in [0.15, 0.2) is 23.0 Å². The fourth-order valence-electron chi connectivity index (χ4n) is 4.77. The summed E-state index contributed by atoms with van der Waals surface area (Å²) in [4.78, 5) is 0. The number of rotatable bonds is 17. The molecule has 6 nitrogen and oxygen atoms in total. The number of ether oxygens (including phenoxy) is 5. The van der Waals surface area contributed by atoms with E-state index in [4.69, 9.17) is 36.5 Å². The Balaban J connectivity index is -0.000000260. The van der Waals surface area contributed by atoms with Crippen LogP contribution in [-0.2, 0) is 0 Å². The Morgan fingerprint density at radius 1 is 0.646 bits per heavy atom. The lowest BCUT2D eigenvalue weighted by molar-refractivity contribution is 0.259. The topological polar surface area (TPSA) is 69.9 Å². The summed E-state index contributed by atoms with van der Waals surface area (Å²) in [6.45, 7) is 9.31. The molecule has 3 aromatic rings. The first kappa shape index (κ1) is 36.2. The molecule has 0 N–H and O–H groups in total. The Hall–Kier alpha value is -6.23. The lowest BCUT2D eigenvalue weighted by Gasteiger charge is -2.18. The third-order valence-electron chi connectivity index (χ3n) is 6.98. The van der Waals surface area contributed by atoms with Crippen molar-refractivity contribution >= 4 is 21.5 Å². The predicted molar refractivity (Wildman–Crippen MR) is 217 cm³/mol. The van der Waals surface area contributed by atoms with Crippen LogP contribution in [0.1, 0.15) is 87.9 Å². The Morgan fingerprint density at radius 3 is 1.77 bits per heavy atom.